The maximum Gasteiger partial charge on any atom is 0.338 e. The first-order valence-corrected chi connectivity index (χ1v) is 6.65. The molecule has 2 fully saturated rings. The number of nitrogens with zero attached hydrogens (tertiary/aromatic N) is 1. The lowest BCUT2D eigenvalue weighted by atomic mass is 9.96. The van der Waals surface area contributed by atoms with Gasteiger partial charge in [-0.1, -0.05) is 15.9 Å². The van der Waals surface area contributed by atoms with Crippen LogP contribution in [0.3, 0.4) is 0 Å². The number of esters is 1. The Kier molecular flexibility index (Phi) is 2.33. The second kappa shape index (κ2) is 3.58. The summed E-state index contributed by atoms with van der Waals surface area (Å²) in [5.41, 5.74) is 1.02. The van der Waals surface area contributed by atoms with E-state index in [4.69, 9.17) is 11.3 Å². The van der Waals surface area contributed by atoms with Gasteiger partial charge in [-0.05, 0) is 31.0 Å². The Morgan fingerprint density at radius 1 is 1.50 bits per heavy atom. The van der Waals surface area contributed by atoms with E-state index in [1.165, 1.54) is 7.11 Å². The molecule has 0 aromatic heterocycles. The molecule has 92 valence electrons. The Hall–Kier alpha value is -1.34. The number of ether oxygens (including phenoxy) is 1. The van der Waals surface area contributed by atoms with Gasteiger partial charge < -0.3 is 9.58 Å². The van der Waals surface area contributed by atoms with Gasteiger partial charge in [-0.15, -0.1) is 0 Å². The third kappa shape index (κ3) is 1.37. The number of carbonyl (C=O) groups is 1. The average molecular weight is 306 g/mol. The number of benzene rings is 1. The molecule has 4 heteroatoms. The monoisotopic (exact) mass is 305 g/mol. The summed E-state index contributed by atoms with van der Waals surface area (Å²) in [6, 6.07) is 5.46. The summed E-state index contributed by atoms with van der Waals surface area (Å²) in [5.74, 6) is -0.358. The quantitative estimate of drug-likeness (QED) is 0.618. The highest BCUT2D eigenvalue weighted by molar-refractivity contribution is 9.10. The first kappa shape index (κ1) is 11.7. The smallest absolute Gasteiger partial charge is 0.338 e. The SMILES string of the molecule is [C-]#[N+]C1(c2cc(Br)ccc2C(=O)OC)CC12CC2. The Balaban J connectivity index is 2.14. The first-order valence-electron chi connectivity index (χ1n) is 5.85. The Morgan fingerprint density at radius 3 is 2.72 bits per heavy atom. The Labute approximate surface area is 114 Å². The van der Waals surface area contributed by atoms with E-state index < -0.39 is 5.54 Å². The molecule has 0 amide bonds. The van der Waals surface area contributed by atoms with E-state index in [9.17, 15) is 4.79 Å². The van der Waals surface area contributed by atoms with Gasteiger partial charge in [0.05, 0.1) is 23.7 Å². The highest BCUT2D eigenvalue weighted by Gasteiger charge is 2.82. The van der Waals surface area contributed by atoms with Crippen LogP contribution < -0.4 is 0 Å². The van der Waals surface area contributed by atoms with Crippen LogP contribution in [0.4, 0.5) is 0 Å². The lowest BCUT2D eigenvalue weighted by Gasteiger charge is -2.10. The summed E-state index contributed by atoms with van der Waals surface area (Å²) in [4.78, 5) is 15.7. The van der Waals surface area contributed by atoms with Gasteiger partial charge in [0.1, 0.15) is 0 Å². The summed E-state index contributed by atoms with van der Waals surface area (Å²) in [5, 5.41) is 0. The summed E-state index contributed by atoms with van der Waals surface area (Å²) in [6.45, 7) is 7.52. The first-order chi connectivity index (χ1) is 8.58. The van der Waals surface area contributed by atoms with Crippen LogP contribution in [0.25, 0.3) is 4.85 Å². The predicted molar refractivity (Wildman–Crippen MR) is 70.0 cm³/mol. The minimum atomic E-state index is -0.486. The number of hydrogen-bond acceptors (Lipinski definition) is 2. The number of halogens is 1. The molecular weight excluding hydrogens is 294 g/mol. The van der Waals surface area contributed by atoms with Crippen LogP contribution in [-0.2, 0) is 10.3 Å². The van der Waals surface area contributed by atoms with Crippen molar-refractivity contribution in [2.45, 2.75) is 24.8 Å². The van der Waals surface area contributed by atoms with Gasteiger partial charge in [0.2, 0.25) is 0 Å². The van der Waals surface area contributed by atoms with Crippen LogP contribution in [0.5, 0.6) is 0 Å². The lowest BCUT2D eigenvalue weighted by molar-refractivity contribution is 0.0599. The summed E-state index contributed by atoms with van der Waals surface area (Å²) >= 11 is 3.42. The van der Waals surface area contributed by atoms with Gasteiger partial charge in [-0.25, -0.2) is 11.4 Å². The van der Waals surface area contributed by atoms with Crippen molar-refractivity contribution < 1.29 is 9.53 Å². The molecule has 2 saturated carbocycles. The zero-order valence-corrected chi connectivity index (χ0v) is 11.6. The normalized spacial score (nSPS) is 26.5. The summed E-state index contributed by atoms with van der Waals surface area (Å²) < 4.78 is 5.71. The van der Waals surface area contributed by atoms with Crippen molar-refractivity contribution in [2.75, 3.05) is 7.11 Å². The van der Waals surface area contributed by atoms with Crippen molar-refractivity contribution in [1.82, 2.24) is 0 Å². The van der Waals surface area contributed by atoms with E-state index in [-0.39, 0.29) is 11.4 Å². The molecular formula is C14H12BrNO2. The van der Waals surface area contributed by atoms with Crippen LogP contribution in [0.2, 0.25) is 0 Å². The average Bonchev–Trinajstić information content (AvgIpc) is 3.28. The molecule has 3 rings (SSSR count). The van der Waals surface area contributed by atoms with Crippen molar-refractivity contribution in [3.05, 3.63) is 45.2 Å². The van der Waals surface area contributed by atoms with Crippen LogP contribution in [0, 0.1) is 12.0 Å². The molecule has 2 aliphatic carbocycles. The minimum Gasteiger partial charge on any atom is -0.465 e. The summed E-state index contributed by atoms with van der Waals surface area (Å²) in [6.07, 6.45) is 3.08. The molecule has 0 radical (unpaired) electrons. The van der Waals surface area contributed by atoms with Crippen LogP contribution in [-0.4, -0.2) is 13.1 Å². The fraction of sp³-hybridized carbons (Fsp3) is 0.429. The highest BCUT2D eigenvalue weighted by atomic mass is 79.9. The molecule has 1 unspecified atom stereocenters. The van der Waals surface area contributed by atoms with Crippen molar-refractivity contribution >= 4 is 21.9 Å². The molecule has 2 aliphatic rings. The Bertz CT molecular complexity index is 586. The van der Waals surface area contributed by atoms with Gasteiger partial charge >= 0.3 is 5.97 Å². The van der Waals surface area contributed by atoms with Gasteiger partial charge in [0.15, 0.2) is 0 Å². The molecule has 1 spiro atoms. The van der Waals surface area contributed by atoms with Gasteiger partial charge in [0, 0.05) is 10.9 Å². The molecule has 0 aliphatic heterocycles. The molecule has 3 nitrogen and oxygen atoms in total. The third-order valence-corrected chi connectivity index (χ3v) is 4.72. The van der Waals surface area contributed by atoms with E-state index in [0.717, 1.165) is 29.3 Å². The molecule has 1 aromatic carbocycles. The molecule has 0 bridgehead atoms. The fourth-order valence-electron chi connectivity index (χ4n) is 2.93. The number of carbonyl (C=O) groups excluding carboxylic acids is 1. The second-order valence-corrected chi connectivity index (χ2v) is 6.03. The van der Waals surface area contributed by atoms with Gasteiger partial charge in [-0.3, -0.25) is 0 Å². The minimum absolute atomic E-state index is 0.151. The van der Waals surface area contributed by atoms with Crippen molar-refractivity contribution in [2.24, 2.45) is 5.41 Å². The van der Waals surface area contributed by atoms with E-state index in [1.54, 1.807) is 6.07 Å². The Morgan fingerprint density at radius 2 is 2.22 bits per heavy atom. The number of hydrogen-bond donors (Lipinski definition) is 0. The topological polar surface area (TPSA) is 30.7 Å². The molecule has 1 atom stereocenters. The summed E-state index contributed by atoms with van der Waals surface area (Å²) in [7, 11) is 1.37. The predicted octanol–water partition coefficient (Wildman–Crippen LogP) is 3.53. The largest absolute Gasteiger partial charge is 0.465 e. The number of rotatable bonds is 2. The van der Waals surface area contributed by atoms with Gasteiger partial charge in [0.25, 0.3) is 5.54 Å². The fourth-order valence-corrected chi connectivity index (χ4v) is 3.29. The van der Waals surface area contributed by atoms with E-state index >= 15 is 0 Å². The van der Waals surface area contributed by atoms with Crippen molar-refractivity contribution in [1.29, 1.82) is 0 Å². The van der Waals surface area contributed by atoms with Gasteiger partial charge in [-0.2, -0.15) is 0 Å². The van der Waals surface area contributed by atoms with E-state index in [0.29, 0.717) is 5.56 Å². The van der Waals surface area contributed by atoms with E-state index in [1.807, 2.05) is 12.1 Å². The number of methoxy groups -OCH3 is 1. The zero-order chi connectivity index (χ0) is 13.0. The second-order valence-electron chi connectivity index (χ2n) is 5.11. The maximum absolute atomic E-state index is 11.8. The zero-order valence-electron chi connectivity index (χ0n) is 10.00. The lowest BCUT2D eigenvalue weighted by Crippen LogP contribution is -2.13. The standard InChI is InChI=1S/C14H12BrNO2/c1-16-14(8-13(14)5-6-13)11-7-9(15)3-4-10(11)12(17)18-2/h3-4,7H,5-6,8H2,2H3. The van der Waals surface area contributed by atoms with Crippen LogP contribution in [0.1, 0.15) is 35.2 Å². The molecule has 1 aromatic rings. The van der Waals surface area contributed by atoms with Crippen LogP contribution >= 0.6 is 15.9 Å². The van der Waals surface area contributed by atoms with Crippen molar-refractivity contribution in [3.8, 4) is 0 Å². The molecule has 0 heterocycles. The third-order valence-electron chi connectivity index (χ3n) is 4.22. The maximum atomic E-state index is 11.8. The highest BCUT2D eigenvalue weighted by Crippen LogP contribution is 2.79. The molecule has 0 N–H and O–H groups in total. The van der Waals surface area contributed by atoms with Crippen molar-refractivity contribution in [3.63, 3.8) is 0 Å². The molecule has 0 saturated heterocycles. The molecule has 18 heavy (non-hydrogen) atoms. The van der Waals surface area contributed by atoms with Crippen LogP contribution in [0.15, 0.2) is 22.7 Å². The van der Waals surface area contributed by atoms with E-state index in [2.05, 4.69) is 20.8 Å².